The van der Waals surface area contributed by atoms with Gasteiger partial charge in [-0.2, -0.15) is 0 Å². The molecule has 8 heteroatoms. The molecule has 0 radical (unpaired) electrons. The van der Waals surface area contributed by atoms with Crippen LogP contribution in [0.4, 0.5) is 17.1 Å². The maximum absolute atomic E-state index is 13.6. The molecule has 2 heterocycles. The van der Waals surface area contributed by atoms with Gasteiger partial charge in [0.15, 0.2) is 0 Å². The number of para-hydroxylation sites is 2. The first-order valence-electron chi connectivity index (χ1n) is 12.7. The fourth-order valence-electron chi connectivity index (χ4n) is 5.07. The van der Waals surface area contributed by atoms with Gasteiger partial charge >= 0.3 is 0 Å². The first kappa shape index (κ1) is 25.0. The average molecular weight is 519 g/mol. The van der Waals surface area contributed by atoms with E-state index in [0.717, 1.165) is 69.2 Å². The monoisotopic (exact) mass is 518 g/mol. The number of rotatable bonds is 6. The van der Waals surface area contributed by atoms with Crippen molar-refractivity contribution in [2.45, 2.75) is 12.8 Å². The van der Waals surface area contributed by atoms with Gasteiger partial charge in [0, 0.05) is 50.6 Å². The SMILES string of the molecule is COc1ccccc1N1CCN(c2ccc(NC(=O)c3ccccc3Cl)cc2C(=O)N2CCCC2)CC1. The summed E-state index contributed by atoms with van der Waals surface area (Å²) in [6.07, 6.45) is 2.03. The van der Waals surface area contributed by atoms with Gasteiger partial charge in [0.2, 0.25) is 0 Å². The summed E-state index contributed by atoms with van der Waals surface area (Å²) in [4.78, 5) is 32.9. The van der Waals surface area contributed by atoms with Crippen LogP contribution in [0.2, 0.25) is 5.02 Å². The highest BCUT2D eigenvalue weighted by atomic mass is 35.5. The highest BCUT2D eigenvalue weighted by Crippen LogP contribution is 2.32. The minimum atomic E-state index is -0.302. The molecule has 3 aromatic rings. The number of nitrogens with zero attached hydrogens (tertiary/aromatic N) is 3. The summed E-state index contributed by atoms with van der Waals surface area (Å²) in [6, 6.07) is 20.6. The van der Waals surface area contributed by atoms with E-state index in [0.29, 0.717) is 21.8 Å². The Morgan fingerprint density at radius 1 is 0.784 bits per heavy atom. The average Bonchev–Trinajstić information content (AvgIpc) is 3.48. The van der Waals surface area contributed by atoms with Crippen molar-refractivity contribution in [2.24, 2.45) is 0 Å². The van der Waals surface area contributed by atoms with Gasteiger partial charge < -0.3 is 24.8 Å². The van der Waals surface area contributed by atoms with E-state index < -0.39 is 0 Å². The van der Waals surface area contributed by atoms with Crippen LogP contribution in [0.25, 0.3) is 0 Å². The quantitative estimate of drug-likeness (QED) is 0.488. The maximum atomic E-state index is 13.6. The Hall–Kier alpha value is -3.71. The topological polar surface area (TPSA) is 65.1 Å². The molecular formula is C29H31ClN4O3. The van der Waals surface area contributed by atoms with Crippen molar-refractivity contribution in [1.82, 2.24) is 4.90 Å². The number of hydrogen-bond acceptors (Lipinski definition) is 5. The summed E-state index contributed by atoms with van der Waals surface area (Å²) in [6.45, 7) is 4.67. The number of hydrogen-bond donors (Lipinski definition) is 1. The fraction of sp³-hybridized carbons (Fsp3) is 0.310. The van der Waals surface area contributed by atoms with Gasteiger partial charge in [0.05, 0.1) is 28.9 Å². The second-order valence-corrected chi connectivity index (χ2v) is 9.72. The third-order valence-electron chi connectivity index (χ3n) is 7.04. The molecule has 0 aliphatic carbocycles. The summed E-state index contributed by atoms with van der Waals surface area (Å²) in [7, 11) is 1.69. The molecule has 0 aromatic heterocycles. The van der Waals surface area contributed by atoms with Gasteiger partial charge in [0.1, 0.15) is 5.75 Å². The molecule has 2 aliphatic heterocycles. The lowest BCUT2D eigenvalue weighted by Gasteiger charge is -2.38. The van der Waals surface area contributed by atoms with Crippen molar-refractivity contribution in [1.29, 1.82) is 0 Å². The second kappa shape index (κ2) is 11.1. The number of anilines is 3. The van der Waals surface area contributed by atoms with Crippen LogP contribution in [-0.2, 0) is 0 Å². The van der Waals surface area contributed by atoms with Gasteiger partial charge in [-0.05, 0) is 55.3 Å². The largest absolute Gasteiger partial charge is 0.495 e. The Bertz CT molecular complexity index is 1280. The van der Waals surface area contributed by atoms with Gasteiger partial charge in [0.25, 0.3) is 11.8 Å². The number of benzene rings is 3. The zero-order valence-corrected chi connectivity index (χ0v) is 21.7. The number of methoxy groups -OCH3 is 1. The lowest BCUT2D eigenvalue weighted by Crippen LogP contribution is -2.47. The van der Waals surface area contributed by atoms with Crippen LogP contribution in [0.15, 0.2) is 66.7 Å². The zero-order chi connectivity index (χ0) is 25.8. The molecule has 7 nitrogen and oxygen atoms in total. The van der Waals surface area contributed by atoms with Crippen LogP contribution in [-0.4, -0.2) is 63.1 Å². The molecule has 3 aromatic carbocycles. The summed E-state index contributed by atoms with van der Waals surface area (Å²) in [5.41, 5.74) is 3.56. The smallest absolute Gasteiger partial charge is 0.257 e. The number of piperazine rings is 1. The summed E-state index contributed by atoms with van der Waals surface area (Å²) >= 11 is 6.21. The normalized spacial score (nSPS) is 15.6. The molecule has 5 rings (SSSR count). The van der Waals surface area contributed by atoms with E-state index in [-0.39, 0.29) is 11.8 Å². The van der Waals surface area contributed by atoms with Crippen molar-refractivity contribution in [3.05, 3.63) is 82.9 Å². The van der Waals surface area contributed by atoms with Gasteiger partial charge in [-0.25, -0.2) is 0 Å². The lowest BCUT2D eigenvalue weighted by molar-refractivity contribution is 0.0793. The number of carbonyl (C=O) groups is 2. The minimum absolute atomic E-state index is 0.00787. The van der Waals surface area contributed by atoms with Crippen LogP contribution in [0.1, 0.15) is 33.6 Å². The highest BCUT2D eigenvalue weighted by molar-refractivity contribution is 6.34. The molecule has 2 saturated heterocycles. The van der Waals surface area contributed by atoms with E-state index in [1.54, 1.807) is 37.4 Å². The molecule has 0 atom stereocenters. The van der Waals surface area contributed by atoms with E-state index in [1.807, 2.05) is 35.2 Å². The van der Waals surface area contributed by atoms with E-state index in [1.165, 1.54) is 0 Å². The van der Waals surface area contributed by atoms with E-state index in [9.17, 15) is 9.59 Å². The highest BCUT2D eigenvalue weighted by Gasteiger charge is 2.27. The van der Waals surface area contributed by atoms with Crippen LogP contribution in [0.5, 0.6) is 5.75 Å². The number of amides is 2. The van der Waals surface area contributed by atoms with Crippen LogP contribution < -0.4 is 19.9 Å². The Kier molecular flexibility index (Phi) is 7.51. The van der Waals surface area contributed by atoms with Crippen molar-refractivity contribution < 1.29 is 14.3 Å². The molecule has 2 fully saturated rings. The number of carbonyl (C=O) groups excluding carboxylic acids is 2. The molecule has 37 heavy (non-hydrogen) atoms. The van der Waals surface area contributed by atoms with Crippen molar-refractivity contribution >= 4 is 40.5 Å². The van der Waals surface area contributed by atoms with Crippen LogP contribution >= 0.6 is 11.6 Å². The Balaban J connectivity index is 1.38. The third kappa shape index (κ3) is 5.37. The van der Waals surface area contributed by atoms with E-state index >= 15 is 0 Å². The summed E-state index contributed by atoms with van der Waals surface area (Å²) in [5.74, 6) is 0.566. The molecule has 2 amide bonds. The molecular weight excluding hydrogens is 488 g/mol. The number of ether oxygens (including phenoxy) is 1. The third-order valence-corrected chi connectivity index (χ3v) is 7.37. The van der Waals surface area contributed by atoms with Crippen molar-refractivity contribution in [3.8, 4) is 5.75 Å². The maximum Gasteiger partial charge on any atom is 0.257 e. The van der Waals surface area contributed by atoms with Crippen molar-refractivity contribution in [2.75, 3.05) is 61.5 Å². The Labute approximate surface area is 222 Å². The minimum Gasteiger partial charge on any atom is -0.495 e. The van der Waals surface area contributed by atoms with Crippen LogP contribution in [0.3, 0.4) is 0 Å². The van der Waals surface area contributed by atoms with Crippen molar-refractivity contribution in [3.63, 3.8) is 0 Å². The van der Waals surface area contributed by atoms with Gasteiger partial charge in [-0.3, -0.25) is 9.59 Å². The molecule has 192 valence electrons. The molecule has 2 aliphatic rings. The van der Waals surface area contributed by atoms with Gasteiger partial charge in [-0.15, -0.1) is 0 Å². The fourth-order valence-corrected chi connectivity index (χ4v) is 5.30. The standard InChI is InChI=1S/C29H31ClN4O3/c1-37-27-11-5-4-10-26(27)33-18-16-32(17-19-33)25-13-12-21(20-23(25)29(36)34-14-6-7-15-34)31-28(35)22-8-2-3-9-24(22)30/h2-5,8-13,20H,6-7,14-19H2,1H3,(H,31,35). The number of halogens is 1. The second-order valence-electron chi connectivity index (χ2n) is 9.31. The molecule has 0 spiro atoms. The molecule has 0 saturated carbocycles. The Morgan fingerprint density at radius 3 is 2.14 bits per heavy atom. The summed E-state index contributed by atoms with van der Waals surface area (Å²) < 4.78 is 5.55. The first-order valence-corrected chi connectivity index (χ1v) is 13.0. The van der Waals surface area contributed by atoms with Gasteiger partial charge in [-0.1, -0.05) is 35.9 Å². The molecule has 0 bridgehead atoms. The molecule has 1 N–H and O–H groups in total. The molecule has 0 unspecified atom stereocenters. The van der Waals surface area contributed by atoms with E-state index in [2.05, 4.69) is 21.2 Å². The number of likely N-dealkylation sites (tertiary alicyclic amines) is 1. The Morgan fingerprint density at radius 2 is 1.43 bits per heavy atom. The predicted molar refractivity (Wildman–Crippen MR) is 148 cm³/mol. The van der Waals surface area contributed by atoms with Crippen LogP contribution in [0, 0.1) is 0 Å². The number of nitrogens with one attached hydrogen (secondary N) is 1. The lowest BCUT2D eigenvalue weighted by atomic mass is 10.1. The first-order chi connectivity index (χ1) is 18.0. The zero-order valence-electron chi connectivity index (χ0n) is 21.0. The van der Waals surface area contributed by atoms with E-state index in [4.69, 9.17) is 16.3 Å². The summed E-state index contributed by atoms with van der Waals surface area (Å²) in [5, 5.41) is 3.31. The predicted octanol–water partition coefficient (Wildman–Crippen LogP) is 5.16.